The van der Waals surface area contributed by atoms with Crippen LogP contribution in [0.1, 0.15) is 37.3 Å². The van der Waals surface area contributed by atoms with Crippen LogP contribution in [0.25, 0.3) is 0 Å². The molecular formula is C15H21NO2. The summed E-state index contributed by atoms with van der Waals surface area (Å²) in [5.74, 6) is 2.61. The fourth-order valence-electron chi connectivity index (χ4n) is 3.21. The van der Waals surface area contributed by atoms with Gasteiger partial charge in [0.2, 0.25) is 0 Å². The molecule has 3 nitrogen and oxygen atoms in total. The zero-order chi connectivity index (χ0) is 12.7. The van der Waals surface area contributed by atoms with E-state index < -0.39 is 0 Å². The van der Waals surface area contributed by atoms with Gasteiger partial charge in [-0.2, -0.15) is 0 Å². The molecule has 0 aromatic heterocycles. The van der Waals surface area contributed by atoms with E-state index in [1.165, 1.54) is 17.5 Å². The SMILES string of the molecule is COc1cc2c(cc1C1CCNC1C)OC(C)C2. The summed E-state index contributed by atoms with van der Waals surface area (Å²) in [6, 6.07) is 4.88. The van der Waals surface area contributed by atoms with Gasteiger partial charge in [0.25, 0.3) is 0 Å². The van der Waals surface area contributed by atoms with Crippen molar-refractivity contribution < 1.29 is 9.47 Å². The summed E-state index contributed by atoms with van der Waals surface area (Å²) in [6.07, 6.45) is 2.45. The minimum Gasteiger partial charge on any atom is -0.496 e. The average molecular weight is 247 g/mol. The second kappa shape index (κ2) is 4.47. The normalized spacial score (nSPS) is 30.1. The van der Waals surface area contributed by atoms with Crippen LogP contribution in [-0.2, 0) is 6.42 Å². The molecule has 1 saturated heterocycles. The molecule has 18 heavy (non-hydrogen) atoms. The van der Waals surface area contributed by atoms with Crippen molar-refractivity contribution in [2.75, 3.05) is 13.7 Å². The topological polar surface area (TPSA) is 30.5 Å². The highest BCUT2D eigenvalue weighted by Gasteiger charge is 2.30. The van der Waals surface area contributed by atoms with Crippen LogP contribution in [0.5, 0.6) is 11.5 Å². The second-order valence-electron chi connectivity index (χ2n) is 5.47. The molecule has 3 unspecified atom stereocenters. The second-order valence-corrected chi connectivity index (χ2v) is 5.47. The number of methoxy groups -OCH3 is 1. The third-order valence-electron chi connectivity index (χ3n) is 4.17. The Bertz CT molecular complexity index is 458. The summed E-state index contributed by atoms with van der Waals surface area (Å²) in [7, 11) is 1.76. The van der Waals surface area contributed by atoms with E-state index in [0.717, 1.165) is 24.5 Å². The molecule has 0 aliphatic carbocycles. The Hall–Kier alpha value is -1.22. The Balaban J connectivity index is 2.01. The minimum atomic E-state index is 0.291. The lowest BCUT2D eigenvalue weighted by molar-refractivity contribution is 0.254. The Labute approximate surface area is 108 Å². The largest absolute Gasteiger partial charge is 0.496 e. The predicted octanol–water partition coefficient (Wildman–Crippen LogP) is 2.48. The number of rotatable bonds is 2. The van der Waals surface area contributed by atoms with Gasteiger partial charge >= 0.3 is 0 Å². The highest BCUT2D eigenvalue weighted by molar-refractivity contribution is 5.50. The van der Waals surface area contributed by atoms with E-state index in [2.05, 4.69) is 31.3 Å². The molecule has 0 amide bonds. The third kappa shape index (κ3) is 1.87. The molecule has 2 heterocycles. The summed E-state index contributed by atoms with van der Waals surface area (Å²) in [5.41, 5.74) is 2.57. The predicted molar refractivity (Wildman–Crippen MR) is 71.6 cm³/mol. The van der Waals surface area contributed by atoms with Crippen molar-refractivity contribution in [3.63, 3.8) is 0 Å². The fourth-order valence-corrected chi connectivity index (χ4v) is 3.21. The van der Waals surface area contributed by atoms with Crippen molar-refractivity contribution in [1.29, 1.82) is 0 Å². The number of benzene rings is 1. The summed E-state index contributed by atoms with van der Waals surface area (Å²) in [4.78, 5) is 0. The van der Waals surface area contributed by atoms with Gasteiger partial charge in [0, 0.05) is 29.5 Å². The lowest BCUT2D eigenvalue weighted by Crippen LogP contribution is -2.21. The van der Waals surface area contributed by atoms with E-state index in [1.54, 1.807) is 7.11 Å². The average Bonchev–Trinajstić information content (AvgIpc) is 2.91. The summed E-state index contributed by atoms with van der Waals surface area (Å²) in [6.45, 7) is 5.45. The molecule has 3 heteroatoms. The molecule has 1 aromatic rings. The quantitative estimate of drug-likeness (QED) is 0.871. The van der Waals surface area contributed by atoms with Crippen LogP contribution in [0, 0.1) is 0 Å². The number of hydrogen-bond donors (Lipinski definition) is 1. The highest BCUT2D eigenvalue weighted by atomic mass is 16.5. The van der Waals surface area contributed by atoms with Gasteiger partial charge in [-0.1, -0.05) is 0 Å². The van der Waals surface area contributed by atoms with Crippen LogP contribution in [-0.4, -0.2) is 25.8 Å². The molecule has 98 valence electrons. The smallest absolute Gasteiger partial charge is 0.123 e. The molecule has 1 N–H and O–H groups in total. The van der Waals surface area contributed by atoms with Crippen molar-refractivity contribution in [3.05, 3.63) is 23.3 Å². The van der Waals surface area contributed by atoms with Gasteiger partial charge in [-0.25, -0.2) is 0 Å². The third-order valence-corrected chi connectivity index (χ3v) is 4.17. The molecule has 1 fully saturated rings. The molecule has 1 aromatic carbocycles. The first kappa shape index (κ1) is 11.8. The van der Waals surface area contributed by atoms with Crippen molar-refractivity contribution in [1.82, 2.24) is 5.32 Å². The number of ether oxygens (including phenoxy) is 2. The lowest BCUT2D eigenvalue weighted by atomic mass is 9.90. The van der Waals surface area contributed by atoms with Gasteiger partial charge in [-0.05, 0) is 38.9 Å². The zero-order valence-corrected chi connectivity index (χ0v) is 11.3. The lowest BCUT2D eigenvalue weighted by Gasteiger charge is -2.19. The number of hydrogen-bond acceptors (Lipinski definition) is 3. The summed E-state index contributed by atoms with van der Waals surface area (Å²) >= 11 is 0. The Kier molecular flexibility index (Phi) is 2.94. The molecule has 2 aliphatic rings. The fraction of sp³-hybridized carbons (Fsp3) is 0.600. The van der Waals surface area contributed by atoms with Crippen molar-refractivity contribution in [3.8, 4) is 11.5 Å². The van der Waals surface area contributed by atoms with E-state index >= 15 is 0 Å². The molecule has 3 atom stereocenters. The van der Waals surface area contributed by atoms with Gasteiger partial charge in [0.05, 0.1) is 7.11 Å². The summed E-state index contributed by atoms with van der Waals surface area (Å²) < 4.78 is 11.4. The van der Waals surface area contributed by atoms with Gasteiger partial charge in [0.15, 0.2) is 0 Å². The van der Waals surface area contributed by atoms with Crippen LogP contribution in [0.2, 0.25) is 0 Å². The standard InChI is InChI=1S/C15H21NO2/c1-9-6-11-7-15(17-3)13(8-14(11)18-9)12-4-5-16-10(12)2/h7-10,12,16H,4-6H2,1-3H3. The Morgan fingerprint density at radius 2 is 2.17 bits per heavy atom. The Morgan fingerprint density at radius 3 is 2.83 bits per heavy atom. The maximum atomic E-state index is 5.87. The van der Waals surface area contributed by atoms with Crippen molar-refractivity contribution in [2.24, 2.45) is 0 Å². The van der Waals surface area contributed by atoms with Crippen LogP contribution in [0.15, 0.2) is 12.1 Å². The van der Waals surface area contributed by atoms with E-state index in [9.17, 15) is 0 Å². The molecular weight excluding hydrogens is 226 g/mol. The number of fused-ring (bicyclic) bond motifs is 1. The van der Waals surface area contributed by atoms with Gasteiger partial charge in [-0.15, -0.1) is 0 Å². The minimum absolute atomic E-state index is 0.291. The van der Waals surface area contributed by atoms with E-state index in [0.29, 0.717) is 18.1 Å². The number of nitrogens with one attached hydrogen (secondary N) is 1. The van der Waals surface area contributed by atoms with Crippen LogP contribution >= 0.6 is 0 Å². The van der Waals surface area contributed by atoms with Crippen LogP contribution < -0.4 is 14.8 Å². The maximum Gasteiger partial charge on any atom is 0.123 e. The molecule has 2 aliphatic heterocycles. The maximum absolute atomic E-state index is 5.87. The molecule has 0 spiro atoms. The zero-order valence-electron chi connectivity index (χ0n) is 11.3. The molecule has 0 bridgehead atoms. The van der Waals surface area contributed by atoms with Crippen LogP contribution in [0.3, 0.4) is 0 Å². The van der Waals surface area contributed by atoms with E-state index in [1.807, 2.05) is 0 Å². The first-order valence-corrected chi connectivity index (χ1v) is 6.80. The van der Waals surface area contributed by atoms with Crippen LogP contribution in [0.4, 0.5) is 0 Å². The summed E-state index contributed by atoms with van der Waals surface area (Å²) in [5, 5.41) is 3.50. The van der Waals surface area contributed by atoms with E-state index in [-0.39, 0.29) is 0 Å². The van der Waals surface area contributed by atoms with Gasteiger partial charge in [0.1, 0.15) is 17.6 Å². The first-order chi connectivity index (χ1) is 8.69. The van der Waals surface area contributed by atoms with Gasteiger partial charge in [-0.3, -0.25) is 0 Å². The molecule has 3 rings (SSSR count). The molecule has 0 saturated carbocycles. The Morgan fingerprint density at radius 1 is 1.33 bits per heavy atom. The van der Waals surface area contributed by atoms with Crippen molar-refractivity contribution >= 4 is 0 Å². The van der Waals surface area contributed by atoms with Crippen molar-refractivity contribution in [2.45, 2.75) is 44.8 Å². The first-order valence-electron chi connectivity index (χ1n) is 6.80. The highest BCUT2D eigenvalue weighted by Crippen LogP contribution is 2.41. The van der Waals surface area contributed by atoms with Gasteiger partial charge < -0.3 is 14.8 Å². The molecule has 0 radical (unpaired) electrons. The monoisotopic (exact) mass is 247 g/mol. The van der Waals surface area contributed by atoms with E-state index in [4.69, 9.17) is 9.47 Å².